The minimum Gasteiger partial charge on any atom is -0.484 e. The summed E-state index contributed by atoms with van der Waals surface area (Å²) in [5, 5.41) is 10.0. The fourth-order valence-corrected chi connectivity index (χ4v) is 3.15. The van der Waals surface area contributed by atoms with Gasteiger partial charge < -0.3 is 13.6 Å². The van der Waals surface area contributed by atoms with Crippen molar-refractivity contribution in [2.45, 2.75) is 6.61 Å². The minimum atomic E-state index is 0.314. The maximum Gasteiger partial charge on any atom is 0.283 e. The molecule has 0 spiro atoms. The lowest BCUT2D eigenvalue weighted by Crippen LogP contribution is -1.94. The van der Waals surface area contributed by atoms with Gasteiger partial charge in [-0.15, -0.1) is 21.5 Å². The van der Waals surface area contributed by atoms with Gasteiger partial charge in [0.2, 0.25) is 0 Å². The van der Waals surface area contributed by atoms with E-state index in [1.54, 1.807) is 17.4 Å². The van der Waals surface area contributed by atoms with Crippen LogP contribution in [-0.4, -0.2) is 10.2 Å². The van der Waals surface area contributed by atoms with Crippen molar-refractivity contribution in [3.05, 3.63) is 64.1 Å². The van der Waals surface area contributed by atoms with Crippen LogP contribution in [-0.2, 0) is 6.61 Å². The van der Waals surface area contributed by atoms with Crippen LogP contribution in [0.3, 0.4) is 0 Å². The number of thiophene rings is 1. The Kier molecular flexibility index (Phi) is 4.18. The summed E-state index contributed by atoms with van der Waals surface area (Å²) in [4.78, 5) is 0.929. The monoisotopic (exact) mass is 402 g/mol. The SMILES string of the molecule is Brc1ccccc1OCc1ccc(-c2nnc(-c3cccs3)o2)o1. The van der Waals surface area contributed by atoms with Crippen molar-refractivity contribution in [2.75, 3.05) is 0 Å². The topological polar surface area (TPSA) is 61.3 Å². The highest BCUT2D eigenvalue weighted by atomic mass is 79.9. The summed E-state index contributed by atoms with van der Waals surface area (Å²) in [5.74, 6) is 2.80. The molecule has 0 aliphatic carbocycles. The molecule has 0 N–H and O–H groups in total. The van der Waals surface area contributed by atoms with E-state index in [2.05, 4.69) is 26.1 Å². The minimum absolute atomic E-state index is 0.314. The molecule has 0 aliphatic rings. The van der Waals surface area contributed by atoms with Crippen LogP contribution < -0.4 is 4.74 Å². The van der Waals surface area contributed by atoms with Crippen LogP contribution >= 0.6 is 27.3 Å². The Hall–Kier alpha value is -2.38. The first-order chi connectivity index (χ1) is 11.8. The number of halogens is 1. The second-order valence-corrected chi connectivity index (χ2v) is 6.68. The third-order valence-corrected chi connectivity index (χ3v) is 4.75. The van der Waals surface area contributed by atoms with Gasteiger partial charge in [0.15, 0.2) is 5.76 Å². The molecule has 0 saturated heterocycles. The van der Waals surface area contributed by atoms with Crippen molar-refractivity contribution in [1.29, 1.82) is 0 Å². The lowest BCUT2D eigenvalue weighted by Gasteiger charge is -2.05. The van der Waals surface area contributed by atoms with E-state index in [1.807, 2.05) is 47.8 Å². The summed E-state index contributed by atoms with van der Waals surface area (Å²) in [7, 11) is 0. The maximum absolute atomic E-state index is 5.73. The van der Waals surface area contributed by atoms with Crippen molar-refractivity contribution in [2.24, 2.45) is 0 Å². The Morgan fingerprint density at radius 3 is 2.67 bits per heavy atom. The van der Waals surface area contributed by atoms with Crippen molar-refractivity contribution in [3.63, 3.8) is 0 Å². The van der Waals surface area contributed by atoms with Crippen LogP contribution in [0.15, 0.2) is 67.2 Å². The summed E-state index contributed by atoms with van der Waals surface area (Å²) in [5.41, 5.74) is 0. The van der Waals surface area contributed by atoms with E-state index in [0.717, 1.165) is 15.1 Å². The Morgan fingerprint density at radius 2 is 1.83 bits per heavy atom. The molecule has 1 aromatic carbocycles. The number of furan rings is 1. The number of nitrogens with zero attached hydrogens (tertiary/aromatic N) is 2. The lowest BCUT2D eigenvalue weighted by molar-refractivity contribution is 0.269. The number of benzene rings is 1. The molecule has 0 fully saturated rings. The van der Waals surface area contributed by atoms with Gasteiger partial charge >= 0.3 is 0 Å². The van der Waals surface area contributed by atoms with Crippen molar-refractivity contribution >= 4 is 27.3 Å². The molecule has 3 heterocycles. The molecule has 3 aromatic heterocycles. The van der Waals surface area contributed by atoms with Crippen molar-refractivity contribution in [3.8, 4) is 28.2 Å². The standard InChI is InChI=1S/C17H11BrN2O3S/c18-12-4-1-2-5-13(12)21-10-11-7-8-14(22-11)16-19-20-17(23-16)15-6-3-9-24-15/h1-9H,10H2. The second-order valence-electron chi connectivity index (χ2n) is 4.87. The molecule has 0 saturated carbocycles. The van der Waals surface area contributed by atoms with Gasteiger partial charge in [-0.2, -0.15) is 0 Å². The molecule has 0 atom stereocenters. The first kappa shape index (κ1) is 15.2. The Morgan fingerprint density at radius 1 is 0.958 bits per heavy atom. The second kappa shape index (κ2) is 6.62. The third-order valence-electron chi connectivity index (χ3n) is 3.24. The predicted octanol–water partition coefficient (Wildman–Crippen LogP) is 5.40. The average Bonchev–Trinajstić information content (AvgIpc) is 3.33. The van der Waals surface area contributed by atoms with Gasteiger partial charge in [-0.25, -0.2) is 0 Å². The molecule has 4 rings (SSSR count). The van der Waals surface area contributed by atoms with Crippen LogP contribution in [0.4, 0.5) is 0 Å². The molecule has 0 bridgehead atoms. The summed E-state index contributed by atoms with van der Waals surface area (Å²) in [6, 6.07) is 15.2. The van der Waals surface area contributed by atoms with Gasteiger partial charge in [0.1, 0.15) is 18.1 Å². The molecular weight excluding hydrogens is 392 g/mol. The first-order valence-corrected chi connectivity index (χ1v) is 8.80. The van der Waals surface area contributed by atoms with E-state index in [4.69, 9.17) is 13.6 Å². The molecule has 0 aliphatic heterocycles. The molecule has 0 amide bonds. The van der Waals surface area contributed by atoms with Gasteiger partial charge in [-0.05, 0) is 51.6 Å². The highest BCUT2D eigenvalue weighted by Gasteiger charge is 2.15. The number of hydrogen-bond acceptors (Lipinski definition) is 6. The summed E-state index contributed by atoms with van der Waals surface area (Å²) < 4.78 is 18.0. The Balaban J connectivity index is 1.48. The van der Waals surface area contributed by atoms with Gasteiger partial charge in [0, 0.05) is 0 Å². The zero-order chi connectivity index (χ0) is 16.4. The van der Waals surface area contributed by atoms with E-state index in [-0.39, 0.29) is 0 Å². The average molecular weight is 403 g/mol. The summed E-state index contributed by atoms with van der Waals surface area (Å²) in [6.45, 7) is 0.314. The normalized spacial score (nSPS) is 10.9. The van der Waals surface area contributed by atoms with Gasteiger partial charge in [0.05, 0.1) is 9.35 Å². The molecule has 5 nitrogen and oxygen atoms in total. The van der Waals surface area contributed by atoms with Crippen LogP contribution in [0.5, 0.6) is 5.75 Å². The van der Waals surface area contributed by atoms with Crippen LogP contribution in [0, 0.1) is 0 Å². The van der Waals surface area contributed by atoms with Gasteiger partial charge in [-0.3, -0.25) is 0 Å². The first-order valence-electron chi connectivity index (χ1n) is 7.13. The molecule has 4 aromatic rings. The lowest BCUT2D eigenvalue weighted by atomic mass is 10.3. The van der Waals surface area contributed by atoms with E-state index in [1.165, 1.54) is 0 Å². The van der Waals surface area contributed by atoms with Crippen LogP contribution in [0.1, 0.15) is 5.76 Å². The van der Waals surface area contributed by atoms with E-state index in [0.29, 0.717) is 29.9 Å². The fraction of sp³-hybridized carbons (Fsp3) is 0.0588. The van der Waals surface area contributed by atoms with Gasteiger partial charge in [-0.1, -0.05) is 18.2 Å². The van der Waals surface area contributed by atoms with Crippen molar-refractivity contribution < 1.29 is 13.6 Å². The quantitative estimate of drug-likeness (QED) is 0.447. The number of para-hydroxylation sites is 1. The van der Waals surface area contributed by atoms with E-state index < -0.39 is 0 Å². The summed E-state index contributed by atoms with van der Waals surface area (Å²) in [6.07, 6.45) is 0. The molecule has 0 unspecified atom stereocenters. The smallest absolute Gasteiger partial charge is 0.283 e. The number of hydrogen-bond donors (Lipinski definition) is 0. The largest absolute Gasteiger partial charge is 0.484 e. The molecule has 0 radical (unpaired) electrons. The van der Waals surface area contributed by atoms with Gasteiger partial charge in [0.25, 0.3) is 11.8 Å². The molecule has 24 heavy (non-hydrogen) atoms. The summed E-state index contributed by atoms with van der Waals surface area (Å²) >= 11 is 4.99. The zero-order valence-electron chi connectivity index (χ0n) is 12.3. The fourth-order valence-electron chi connectivity index (χ4n) is 2.10. The highest BCUT2D eigenvalue weighted by Crippen LogP contribution is 2.29. The zero-order valence-corrected chi connectivity index (χ0v) is 14.7. The third kappa shape index (κ3) is 3.13. The Bertz CT molecular complexity index is 946. The molecule has 7 heteroatoms. The maximum atomic E-state index is 5.73. The predicted molar refractivity (Wildman–Crippen MR) is 93.8 cm³/mol. The van der Waals surface area contributed by atoms with Crippen LogP contribution in [0.2, 0.25) is 0 Å². The van der Waals surface area contributed by atoms with E-state index in [9.17, 15) is 0 Å². The Labute approximate surface area is 150 Å². The highest BCUT2D eigenvalue weighted by molar-refractivity contribution is 9.10. The molecular formula is C17H11BrN2O3S. The number of rotatable bonds is 5. The van der Waals surface area contributed by atoms with Crippen molar-refractivity contribution in [1.82, 2.24) is 10.2 Å². The van der Waals surface area contributed by atoms with Crippen LogP contribution in [0.25, 0.3) is 22.4 Å². The number of ether oxygens (including phenoxy) is 1. The molecule has 120 valence electrons. The van der Waals surface area contributed by atoms with E-state index >= 15 is 0 Å². The number of aromatic nitrogens is 2.